The summed E-state index contributed by atoms with van der Waals surface area (Å²) in [6, 6.07) is 3.87. The van der Waals surface area contributed by atoms with Gasteiger partial charge in [0.2, 0.25) is 0 Å². The SMILES string of the molecule is COCCN(c1ccc(C(F)(F)F)cc1C(N)=S)C1CC1. The number of rotatable bonds is 6. The van der Waals surface area contributed by atoms with Gasteiger partial charge in [0.1, 0.15) is 4.99 Å². The van der Waals surface area contributed by atoms with E-state index in [1.165, 1.54) is 6.07 Å². The number of hydrogen-bond donors (Lipinski definition) is 1. The van der Waals surface area contributed by atoms with Crippen LogP contribution < -0.4 is 10.6 Å². The number of ether oxygens (including phenoxy) is 1. The molecular weight excluding hydrogens is 301 g/mol. The lowest BCUT2D eigenvalue weighted by Gasteiger charge is -2.27. The molecule has 0 aromatic heterocycles. The number of benzene rings is 1. The van der Waals surface area contributed by atoms with Crippen molar-refractivity contribution in [2.24, 2.45) is 5.73 Å². The summed E-state index contributed by atoms with van der Waals surface area (Å²) in [4.78, 5) is 2.00. The fourth-order valence-corrected chi connectivity index (χ4v) is 2.40. The third-order valence-electron chi connectivity index (χ3n) is 3.42. The molecule has 3 nitrogen and oxygen atoms in total. The van der Waals surface area contributed by atoms with Gasteiger partial charge in [-0.2, -0.15) is 13.2 Å². The van der Waals surface area contributed by atoms with Crippen LogP contribution in [0, 0.1) is 0 Å². The first-order valence-electron chi connectivity index (χ1n) is 6.61. The minimum absolute atomic E-state index is 0.0285. The highest BCUT2D eigenvalue weighted by molar-refractivity contribution is 7.80. The minimum atomic E-state index is -4.41. The van der Waals surface area contributed by atoms with E-state index in [2.05, 4.69) is 0 Å². The maximum absolute atomic E-state index is 12.8. The first-order valence-corrected chi connectivity index (χ1v) is 7.02. The van der Waals surface area contributed by atoms with E-state index < -0.39 is 11.7 Å². The molecule has 0 heterocycles. The largest absolute Gasteiger partial charge is 0.416 e. The van der Waals surface area contributed by atoms with Crippen molar-refractivity contribution in [2.75, 3.05) is 25.2 Å². The summed E-state index contributed by atoms with van der Waals surface area (Å²) in [6.45, 7) is 1.09. The van der Waals surface area contributed by atoms with Gasteiger partial charge in [-0.05, 0) is 31.0 Å². The van der Waals surface area contributed by atoms with Crippen molar-refractivity contribution in [3.05, 3.63) is 29.3 Å². The van der Waals surface area contributed by atoms with E-state index in [9.17, 15) is 13.2 Å². The van der Waals surface area contributed by atoms with E-state index in [-0.39, 0.29) is 10.6 Å². The molecular formula is C14H17F3N2OS. The topological polar surface area (TPSA) is 38.5 Å². The first-order chi connectivity index (χ1) is 9.84. The molecule has 2 N–H and O–H groups in total. The molecule has 1 aliphatic rings. The van der Waals surface area contributed by atoms with E-state index in [1.54, 1.807) is 7.11 Å². The van der Waals surface area contributed by atoms with Crippen molar-refractivity contribution in [3.63, 3.8) is 0 Å². The maximum Gasteiger partial charge on any atom is 0.416 e. The predicted molar refractivity (Wildman–Crippen MR) is 79.6 cm³/mol. The van der Waals surface area contributed by atoms with Crippen LogP contribution in [0.1, 0.15) is 24.0 Å². The second kappa shape index (κ2) is 6.19. The van der Waals surface area contributed by atoms with Crippen LogP contribution >= 0.6 is 12.2 Å². The van der Waals surface area contributed by atoms with Crippen molar-refractivity contribution in [1.82, 2.24) is 0 Å². The van der Waals surface area contributed by atoms with Crippen molar-refractivity contribution < 1.29 is 17.9 Å². The van der Waals surface area contributed by atoms with Gasteiger partial charge in [0.05, 0.1) is 12.2 Å². The molecule has 1 saturated carbocycles. The van der Waals surface area contributed by atoms with Gasteiger partial charge in [-0.1, -0.05) is 12.2 Å². The Bertz CT molecular complexity index is 529. The molecule has 0 radical (unpaired) electrons. The average molecular weight is 318 g/mol. The monoisotopic (exact) mass is 318 g/mol. The number of alkyl halides is 3. The highest BCUT2D eigenvalue weighted by Gasteiger charge is 2.34. The molecule has 1 aromatic rings. The second-order valence-corrected chi connectivity index (χ2v) is 5.45. The van der Waals surface area contributed by atoms with Gasteiger partial charge in [0.25, 0.3) is 0 Å². The van der Waals surface area contributed by atoms with E-state index in [0.717, 1.165) is 25.0 Å². The molecule has 0 atom stereocenters. The molecule has 2 rings (SSSR count). The van der Waals surface area contributed by atoms with Crippen LogP contribution in [0.15, 0.2) is 18.2 Å². The molecule has 1 aliphatic carbocycles. The lowest BCUT2D eigenvalue weighted by Crippen LogP contribution is -2.31. The predicted octanol–water partition coefficient (Wildman–Crippen LogP) is 2.95. The van der Waals surface area contributed by atoms with Crippen LogP contribution in [0.4, 0.5) is 18.9 Å². The van der Waals surface area contributed by atoms with Gasteiger partial charge >= 0.3 is 6.18 Å². The Hall–Kier alpha value is -1.34. The van der Waals surface area contributed by atoms with E-state index in [4.69, 9.17) is 22.7 Å². The number of hydrogen-bond acceptors (Lipinski definition) is 3. The van der Waals surface area contributed by atoms with Gasteiger partial charge in [0, 0.05) is 30.9 Å². The Kier molecular flexibility index (Phi) is 4.73. The molecule has 1 fully saturated rings. The summed E-state index contributed by atoms with van der Waals surface area (Å²) in [5, 5.41) is 0. The van der Waals surface area contributed by atoms with Crippen LogP contribution in [0.2, 0.25) is 0 Å². The van der Waals surface area contributed by atoms with Gasteiger partial charge in [0.15, 0.2) is 0 Å². The average Bonchev–Trinajstić information content (AvgIpc) is 3.22. The van der Waals surface area contributed by atoms with Gasteiger partial charge < -0.3 is 15.4 Å². The highest BCUT2D eigenvalue weighted by Crippen LogP contribution is 2.37. The number of halogens is 3. The Morgan fingerprint density at radius 3 is 2.57 bits per heavy atom. The van der Waals surface area contributed by atoms with Crippen LogP contribution in [0.5, 0.6) is 0 Å². The van der Waals surface area contributed by atoms with Crippen molar-refractivity contribution >= 4 is 22.9 Å². The minimum Gasteiger partial charge on any atom is -0.389 e. The van der Waals surface area contributed by atoms with Crippen LogP contribution in [-0.2, 0) is 10.9 Å². The molecule has 0 saturated heterocycles. The smallest absolute Gasteiger partial charge is 0.389 e. The Labute approximate surface area is 126 Å². The third kappa shape index (κ3) is 3.85. The number of nitrogens with zero attached hydrogens (tertiary/aromatic N) is 1. The lowest BCUT2D eigenvalue weighted by molar-refractivity contribution is -0.137. The summed E-state index contributed by atoms with van der Waals surface area (Å²) < 4.78 is 43.5. The van der Waals surface area contributed by atoms with Crippen molar-refractivity contribution in [2.45, 2.75) is 25.1 Å². The van der Waals surface area contributed by atoms with E-state index in [1.807, 2.05) is 4.90 Å². The second-order valence-electron chi connectivity index (χ2n) is 5.01. The van der Waals surface area contributed by atoms with Crippen molar-refractivity contribution in [1.29, 1.82) is 0 Å². The molecule has 21 heavy (non-hydrogen) atoms. The summed E-state index contributed by atoms with van der Waals surface area (Å²) in [6.07, 6.45) is -2.38. The fourth-order valence-electron chi connectivity index (χ4n) is 2.24. The highest BCUT2D eigenvalue weighted by atomic mass is 32.1. The van der Waals surface area contributed by atoms with Gasteiger partial charge in [-0.15, -0.1) is 0 Å². The summed E-state index contributed by atoms with van der Waals surface area (Å²) in [5.41, 5.74) is 5.80. The zero-order chi connectivity index (χ0) is 15.6. The summed E-state index contributed by atoms with van der Waals surface area (Å²) in [5.74, 6) is 0. The molecule has 116 valence electrons. The molecule has 0 spiro atoms. The quantitative estimate of drug-likeness (QED) is 0.819. The number of nitrogens with two attached hydrogens (primary N) is 1. The molecule has 1 aromatic carbocycles. The van der Waals surface area contributed by atoms with E-state index >= 15 is 0 Å². The summed E-state index contributed by atoms with van der Waals surface area (Å²) >= 11 is 4.92. The molecule has 0 aliphatic heterocycles. The normalized spacial score (nSPS) is 15.0. The first kappa shape index (κ1) is 16.0. The molecule has 7 heteroatoms. The standard InChI is InChI=1S/C14H17F3N2OS/c1-20-7-6-19(10-3-4-10)12-5-2-9(14(15,16)17)8-11(12)13(18)21/h2,5,8,10H,3-4,6-7H2,1H3,(H2,18,21). The molecule has 0 bridgehead atoms. The van der Waals surface area contributed by atoms with Crippen LogP contribution in [0.25, 0.3) is 0 Å². The Balaban J connectivity index is 2.39. The molecule has 0 unspecified atom stereocenters. The molecule has 0 amide bonds. The fraction of sp³-hybridized carbons (Fsp3) is 0.500. The number of thiocarbonyl (C=S) groups is 1. The summed E-state index contributed by atoms with van der Waals surface area (Å²) in [7, 11) is 1.59. The zero-order valence-corrected chi connectivity index (χ0v) is 12.4. The van der Waals surface area contributed by atoms with Gasteiger partial charge in [-0.25, -0.2) is 0 Å². The maximum atomic E-state index is 12.8. The Morgan fingerprint density at radius 2 is 2.10 bits per heavy atom. The number of anilines is 1. The third-order valence-corrected chi connectivity index (χ3v) is 3.64. The van der Waals surface area contributed by atoms with Crippen LogP contribution in [0.3, 0.4) is 0 Å². The van der Waals surface area contributed by atoms with E-state index in [0.29, 0.717) is 24.9 Å². The number of methoxy groups -OCH3 is 1. The zero-order valence-electron chi connectivity index (χ0n) is 11.6. The lowest BCUT2D eigenvalue weighted by atomic mass is 10.1. The Morgan fingerprint density at radius 1 is 1.43 bits per heavy atom. The van der Waals surface area contributed by atoms with Crippen LogP contribution in [-0.4, -0.2) is 31.3 Å². The van der Waals surface area contributed by atoms with Gasteiger partial charge in [-0.3, -0.25) is 0 Å². The van der Waals surface area contributed by atoms with Crippen molar-refractivity contribution in [3.8, 4) is 0 Å².